The first-order chi connectivity index (χ1) is 6.22. The van der Waals surface area contributed by atoms with Crippen molar-refractivity contribution >= 4 is 11.8 Å². The van der Waals surface area contributed by atoms with Gasteiger partial charge in [-0.2, -0.15) is 0 Å². The molecule has 5 nitrogen and oxygen atoms in total. The smallest absolute Gasteiger partial charge is 0.309 e. The lowest BCUT2D eigenvalue weighted by atomic mass is 10.1. The second-order valence-electron chi connectivity index (χ2n) is 4.26. The Kier molecular flexibility index (Phi) is 4.56. The third kappa shape index (κ3) is 6.42. The van der Waals surface area contributed by atoms with Gasteiger partial charge in [-0.25, -0.2) is 0 Å². The highest BCUT2D eigenvalue weighted by atomic mass is 16.3. The van der Waals surface area contributed by atoms with Crippen molar-refractivity contribution in [1.29, 1.82) is 0 Å². The molecular formula is C9H18N2O3. The molecule has 0 aliphatic carbocycles. The SMILES string of the molecule is CC(O)CNC(=O)C(=O)NC(C)(C)C. The van der Waals surface area contributed by atoms with E-state index in [0.29, 0.717) is 0 Å². The van der Waals surface area contributed by atoms with Crippen LogP contribution in [0.4, 0.5) is 0 Å². The van der Waals surface area contributed by atoms with Crippen LogP contribution in [0.15, 0.2) is 0 Å². The number of carbonyl (C=O) groups excluding carboxylic acids is 2. The molecular weight excluding hydrogens is 184 g/mol. The molecule has 0 saturated carbocycles. The van der Waals surface area contributed by atoms with Crippen molar-refractivity contribution in [3.63, 3.8) is 0 Å². The van der Waals surface area contributed by atoms with Gasteiger partial charge in [-0.05, 0) is 27.7 Å². The maximum atomic E-state index is 11.2. The number of aliphatic hydroxyl groups is 1. The van der Waals surface area contributed by atoms with Gasteiger partial charge in [-0.1, -0.05) is 0 Å². The predicted molar refractivity (Wildman–Crippen MR) is 52.6 cm³/mol. The summed E-state index contributed by atoms with van der Waals surface area (Å²) in [6.45, 7) is 6.96. The predicted octanol–water partition coefficient (Wildman–Crippen LogP) is -0.602. The number of carbonyl (C=O) groups is 2. The van der Waals surface area contributed by atoms with E-state index >= 15 is 0 Å². The maximum absolute atomic E-state index is 11.2. The van der Waals surface area contributed by atoms with Gasteiger partial charge < -0.3 is 15.7 Å². The number of rotatable bonds is 2. The normalized spacial score (nSPS) is 13.2. The number of hydrogen-bond donors (Lipinski definition) is 3. The van der Waals surface area contributed by atoms with E-state index in [-0.39, 0.29) is 6.54 Å². The third-order valence-electron chi connectivity index (χ3n) is 1.25. The monoisotopic (exact) mass is 202 g/mol. The Morgan fingerprint density at radius 1 is 1.29 bits per heavy atom. The molecule has 0 aliphatic heterocycles. The first-order valence-corrected chi connectivity index (χ1v) is 4.51. The lowest BCUT2D eigenvalue weighted by Crippen LogP contribution is -2.49. The van der Waals surface area contributed by atoms with E-state index in [0.717, 1.165) is 0 Å². The van der Waals surface area contributed by atoms with E-state index in [1.807, 2.05) is 0 Å². The minimum absolute atomic E-state index is 0.0798. The maximum Gasteiger partial charge on any atom is 0.309 e. The number of aliphatic hydroxyl groups excluding tert-OH is 1. The average molecular weight is 202 g/mol. The largest absolute Gasteiger partial charge is 0.392 e. The molecule has 0 bridgehead atoms. The van der Waals surface area contributed by atoms with Gasteiger partial charge in [0.15, 0.2) is 0 Å². The highest BCUT2D eigenvalue weighted by molar-refractivity contribution is 6.35. The Labute approximate surface area is 83.9 Å². The minimum Gasteiger partial charge on any atom is -0.392 e. The van der Waals surface area contributed by atoms with Crippen LogP contribution in [0.2, 0.25) is 0 Å². The van der Waals surface area contributed by atoms with Crippen LogP contribution in [0.25, 0.3) is 0 Å². The highest BCUT2D eigenvalue weighted by Crippen LogP contribution is 1.97. The molecule has 1 unspecified atom stereocenters. The van der Waals surface area contributed by atoms with Crippen molar-refractivity contribution in [2.75, 3.05) is 6.54 Å². The van der Waals surface area contributed by atoms with E-state index in [4.69, 9.17) is 5.11 Å². The molecule has 0 aromatic rings. The molecule has 0 heterocycles. The molecule has 3 N–H and O–H groups in total. The molecule has 0 saturated heterocycles. The van der Waals surface area contributed by atoms with Crippen LogP contribution in [-0.2, 0) is 9.59 Å². The van der Waals surface area contributed by atoms with Gasteiger partial charge in [0.1, 0.15) is 0 Å². The molecule has 5 heteroatoms. The molecule has 0 aromatic carbocycles. The quantitative estimate of drug-likeness (QED) is 0.523. The molecule has 0 aromatic heterocycles. The number of hydrogen-bond acceptors (Lipinski definition) is 3. The summed E-state index contributed by atoms with van der Waals surface area (Å²) in [5.41, 5.74) is -0.431. The van der Waals surface area contributed by atoms with Crippen LogP contribution in [0, 0.1) is 0 Å². The fourth-order valence-electron chi connectivity index (χ4n) is 0.718. The van der Waals surface area contributed by atoms with E-state index in [9.17, 15) is 9.59 Å². The molecule has 0 fully saturated rings. The Balaban J connectivity index is 3.95. The lowest BCUT2D eigenvalue weighted by Gasteiger charge is -2.19. The number of nitrogens with one attached hydrogen (secondary N) is 2. The molecule has 0 spiro atoms. The van der Waals surface area contributed by atoms with Gasteiger partial charge in [0.2, 0.25) is 0 Å². The standard InChI is InChI=1S/C9H18N2O3/c1-6(12)5-10-7(13)8(14)11-9(2,3)4/h6,12H,5H2,1-4H3,(H,10,13)(H,11,14). The van der Waals surface area contributed by atoms with Crippen molar-refractivity contribution in [3.05, 3.63) is 0 Å². The van der Waals surface area contributed by atoms with Crippen LogP contribution in [0.1, 0.15) is 27.7 Å². The summed E-state index contributed by atoms with van der Waals surface area (Å²) < 4.78 is 0. The van der Waals surface area contributed by atoms with Crippen LogP contribution >= 0.6 is 0 Å². The van der Waals surface area contributed by atoms with Gasteiger partial charge in [0.25, 0.3) is 0 Å². The zero-order chi connectivity index (χ0) is 11.4. The summed E-state index contributed by atoms with van der Waals surface area (Å²) in [5.74, 6) is -1.40. The zero-order valence-electron chi connectivity index (χ0n) is 9.05. The third-order valence-corrected chi connectivity index (χ3v) is 1.25. The van der Waals surface area contributed by atoms with Gasteiger partial charge >= 0.3 is 11.8 Å². The van der Waals surface area contributed by atoms with E-state index in [2.05, 4.69) is 10.6 Å². The zero-order valence-corrected chi connectivity index (χ0v) is 9.05. The molecule has 0 radical (unpaired) electrons. The van der Waals surface area contributed by atoms with Crippen LogP contribution in [-0.4, -0.2) is 35.1 Å². The van der Waals surface area contributed by atoms with Crippen LogP contribution < -0.4 is 10.6 Å². The Bertz CT molecular complexity index is 219. The summed E-state index contributed by atoms with van der Waals surface area (Å²) in [7, 11) is 0. The molecule has 14 heavy (non-hydrogen) atoms. The minimum atomic E-state index is -0.721. The summed E-state index contributed by atoms with van der Waals surface area (Å²) >= 11 is 0. The lowest BCUT2D eigenvalue weighted by molar-refractivity contribution is -0.140. The first kappa shape index (κ1) is 12.9. The molecule has 2 amide bonds. The molecule has 0 aliphatic rings. The van der Waals surface area contributed by atoms with E-state index in [1.54, 1.807) is 20.8 Å². The van der Waals surface area contributed by atoms with E-state index in [1.165, 1.54) is 6.92 Å². The molecule has 1 atom stereocenters. The van der Waals surface area contributed by atoms with Crippen molar-refractivity contribution in [1.82, 2.24) is 10.6 Å². The van der Waals surface area contributed by atoms with Crippen molar-refractivity contribution in [2.45, 2.75) is 39.3 Å². The average Bonchev–Trinajstić information content (AvgIpc) is 1.96. The summed E-state index contributed by atoms with van der Waals surface area (Å²) in [6.07, 6.45) is -0.651. The highest BCUT2D eigenvalue weighted by Gasteiger charge is 2.19. The van der Waals surface area contributed by atoms with Crippen molar-refractivity contribution in [2.24, 2.45) is 0 Å². The van der Waals surface area contributed by atoms with Gasteiger partial charge in [0.05, 0.1) is 6.10 Å². The van der Waals surface area contributed by atoms with Gasteiger partial charge in [-0.3, -0.25) is 9.59 Å². The fraction of sp³-hybridized carbons (Fsp3) is 0.778. The van der Waals surface area contributed by atoms with E-state index < -0.39 is 23.5 Å². The van der Waals surface area contributed by atoms with Crippen molar-refractivity contribution in [3.8, 4) is 0 Å². The second kappa shape index (κ2) is 4.95. The Hall–Kier alpha value is -1.10. The molecule has 82 valence electrons. The Morgan fingerprint density at radius 3 is 2.14 bits per heavy atom. The second-order valence-corrected chi connectivity index (χ2v) is 4.26. The molecule has 0 rings (SSSR count). The van der Waals surface area contributed by atoms with Crippen LogP contribution in [0.5, 0.6) is 0 Å². The topological polar surface area (TPSA) is 78.4 Å². The Morgan fingerprint density at radius 2 is 1.79 bits per heavy atom. The summed E-state index contributed by atoms with van der Waals surface area (Å²) in [6, 6.07) is 0. The van der Waals surface area contributed by atoms with Crippen molar-refractivity contribution < 1.29 is 14.7 Å². The summed E-state index contributed by atoms with van der Waals surface area (Å²) in [4.78, 5) is 22.3. The van der Waals surface area contributed by atoms with Crippen LogP contribution in [0.3, 0.4) is 0 Å². The fourth-order valence-corrected chi connectivity index (χ4v) is 0.718. The summed E-state index contributed by atoms with van der Waals surface area (Å²) in [5, 5.41) is 13.7. The number of amides is 2. The van der Waals surface area contributed by atoms with Gasteiger partial charge in [-0.15, -0.1) is 0 Å². The van der Waals surface area contributed by atoms with Gasteiger partial charge in [0, 0.05) is 12.1 Å². The first-order valence-electron chi connectivity index (χ1n) is 4.51.